The van der Waals surface area contributed by atoms with Crippen molar-refractivity contribution in [3.8, 4) is 0 Å². The van der Waals surface area contributed by atoms with E-state index in [2.05, 4.69) is 0 Å². The molecule has 0 aromatic carbocycles. The summed E-state index contributed by atoms with van der Waals surface area (Å²) in [7, 11) is 0. The predicted molar refractivity (Wildman–Crippen MR) is 68.4 cm³/mol. The van der Waals surface area contributed by atoms with Crippen molar-refractivity contribution in [2.45, 2.75) is 0 Å². The Kier molecular flexibility index (Phi) is 7.83. The molecule has 0 aromatic rings. The fraction of sp³-hybridized carbons (Fsp3) is 0.231. The van der Waals surface area contributed by atoms with Crippen molar-refractivity contribution >= 4 is 11.6 Å². The van der Waals surface area contributed by atoms with Gasteiger partial charge in [-0.2, -0.15) is 0 Å². The maximum Gasteiger partial charge on any atom is 0.174 e. The van der Waals surface area contributed by atoms with Gasteiger partial charge in [0.1, 0.15) is 5.41 Å². The van der Waals surface area contributed by atoms with Gasteiger partial charge < -0.3 is 20.4 Å². The van der Waals surface area contributed by atoms with Gasteiger partial charge in [0.25, 0.3) is 0 Å². The molecule has 0 aliphatic heterocycles. The van der Waals surface area contributed by atoms with Crippen molar-refractivity contribution in [1.29, 1.82) is 0 Å². The van der Waals surface area contributed by atoms with E-state index in [1.807, 2.05) is 0 Å². The van der Waals surface area contributed by atoms with E-state index in [9.17, 15) is 19.8 Å². The van der Waals surface area contributed by atoms with Gasteiger partial charge in [-0.25, -0.2) is 0 Å². The lowest BCUT2D eigenvalue weighted by Crippen LogP contribution is -2.44. The number of ketones is 2. The molecule has 0 saturated carbocycles. The molecule has 0 saturated heterocycles. The quantitative estimate of drug-likeness (QED) is 0.218. The van der Waals surface area contributed by atoms with Crippen LogP contribution in [-0.2, 0) is 9.59 Å². The molecule has 0 amide bonds. The van der Waals surface area contributed by atoms with Gasteiger partial charge >= 0.3 is 0 Å². The lowest BCUT2D eigenvalue weighted by molar-refractivity contribution is -0.140. The predicted octanol–water partition coefficient (Wildman–Crippen LogP) is 0.351. The number of hydrogen-bond donors (Lipinski definition) is 4. The standard InChI is InChI=1S/C13H16O6/c14-7-3-1-5-11(18)13(9-16,10-17)12(19)6-2-4-8-15/h1-8,14-17H,9-10H2/b5-1+,6-2+,7-3-,8-4+. The maximum atomic E-state index is 11.8. The van der Waals surface area contributed by atoms with Crippen molar-refractivity contribution in [2.75, 3.05) is 13.2 Å². The van der Waals surface area contributed by atoms with Gasteiger partial charge in [0.2, 0.25) is 0 Å². The van der Waals surface area contributed by atoms with Crippen LogP contribution in [0.2, 0.25) is 0 Å². The van der Waals surface area contributed by atoms with Crippen molar-refractivity contribution in [2.24, 2.45) is 5.41 Å². The Balaban J connectivity index is 5.23. The minimum absolute atomic E-state index is 0.692. The van der Waals surface area contributed by atoms with E-state index in [0.717, 1.165) is 24.3 Å². The van der Waals surface area contributed by atoms with Gasteiger partial charge in [-0.3, -0.25) is 9.59 Å². The Bertz CT molecular complexity index is 377. The van der Waals surface area contributed by atoms with Crippen molar-refractivity contribution in [3.63, 3.8) is 0 Å². The summed E-state index contributed by atoms with van der Waals surface area (Å²) in [6, 6.07) is 0. The van der Waals surface area contributed by atoms with Crippen LogP contribution in [0, 0.1) is 5.41 Å². The summed E-state index contributed by atoms with van der Waals surface area (Å²) < 4.78 is 0. The Morgan fingerprint density at radius 2 is 1.16 bits per heavy atom. The molecule has 0 atom stereocenters. The first-order valence-electron chi connectivity index (χ1n) is 5.34. The smallest absolute Gasteiger partial charge is 0.174 e. The second-order valence-electron chi connectivity index (χ2n) is 3.53. The van der Waals surface area contributed by atoms with Crippen LogP contribution in [-0.4, -0.2) is 45.2 Å². The molecule has 0 spiro atoms. The first-order chi connectivity index (χ1) is 9.08. The summed E-state index contributed by atoms with van der Waals surface area (Å²) in [5.74, 6) is -1.59. The summed E-state index contributed by atoms with van der Waals surface area (Å²) >= 11 is 0. The van der Waals surface area contributed by atoms with E-state index < -0.39 is 30.2 Å². The average molecular weight is 268 g/mol. The first-order valence-corrected chi connectivity index (χ1v) is 5.34. The highest BCUT2D eigenvalue weighted by molar-refractivity contribution is 6.15. The fourth-order valence-corrected chi connectivity index (χ4v) is 1.19. The second kappa shape index (κ2) is 8.84. The highest BCUT2D eigenvalue weighted by atomic mass is 16.3. The number of carbonyl (C=O) groups excluding carboxylic acids is 2. The van der Waals surface area contributed by atoms with E-state index in [4.69, 9.17) is 10.2 Å². The summed E-state index contributed by atoms with van der Waals surface area (Å²) in [5, 5.41) is 35.2. The second-order valence-corrected chi connectivity index (χ2v) is 3.53. The molecule has 19 heavy (non-hydrogen) atoms. The number of aliphatic hydroxyl groups excluding tert-OH is 4. The molecule has 104 valence electrons. The number of carbonyl (C=O) groups is 2. The highest BCUT2D eigenvalue weighted by Crippen LogP contribution is 2.20. The minimum Gasteiger partial charge on any atom is -0.516 e. The van der Waals surface area contributed by atoms with Gasteiger partial charge in [0.15, 0.2) is 11.6 Å². The Morgan fingerprint density at radius 3 is 1.42 bits per heavy atom. The molecule has 0 unspecified atom stereocenters. The van der Waals surface area contributed by atoms with E-state index in [0.29, 0.717) is 12.5 Å². The largest absolute Gasteiger partial charge is 0.516 e. The zero-order chi connectivity index (χ0) is 14.7. The summed E-state index contributed by atoms with van der Waals surface area (Å²) in [6.07, 6.45) is 7.95. The molecule has 0 radical (unpaired) electrons. The molecule has 0 aromatic heterocycles. The molecule has 0 aliphatic carbocycles. The zero-order valence-electron chi connectivity index (χ0n) is 10.1. The van der Waals surface area contributed by atoms with Gasteiger partial charge in [0, 0.05) is 0 Å². The average Bonchev–Trinajstić information content (AvgIpc) is 2.41. The van der Waals surface area contributed by atoms with Crippen LogP contribution in [0.25, 0.3) is 0 Å². The Labute approximate surface area is 110 Å². The zero-order valence-corrected chi connectivity index (χ0v) is 10.1. The minimum atomic E-state index is -1.97. The number of aliphatic hydroxyl groups is 4. The van der Waals surface area contributed by atoms with Crippen LogP contribution < -0.4 is 0 Å². The van der Waals surface area contributed by atoms with E-state index in [1.165, 1.54) is 12.2 Å². The fourth-order valence-electron chi connectivity index (χ4n) is 1.19. The summed E-state index contributed by atoms with van der Waals surface area (Å²) in [6.45, 7) is -1.72. The maximum absolute atomic E-state index is 11.8. The van der Waals surface area contributed by atoms with Crippen LogP contribution in [0.1, 0.15) is 0 Å². The van der Waals surface area contributed by atoms with Crippen LogP contribution in [0.4, 0.5) is 0 Å². The number of hydrogen-bond acceptors (Lipinski definition) is 6. The lowest BCUT2D eigenvalue weighted by Gasteiger charge is -2.23. The van der Waals surface area contributed by atoms with E-state index in [-0.39, 0.29) is 0 Å². The van der Waals surface area contributed by atoms with Crippen molar-refractivity contribution in [3.05, 3.63) is 49.0 Å². The summed E-state index contributed by atoms with van der Waals surface area (Å²) in [4.78, 5) is 23.7. The van der Waals surface area contributed by atoms with Crippen LogP contribution >= 0.6 is 0 Å². The normalized spacial score (nSPS) is 13.2. The third kappa shape index (κ3) is 4.53. The van der Waals surface area contributed by atoms with Crippen molar-refractivity contribution < 1.29 is 30.0 Å². The highest BCUT2D eigenvalue weighted by Gasteiger charge is 2.41. The number of allylic oxidation sites excluding steroid dienone is 6. The number of rotatable bonds is 8. The molecule has 6 nitrogen and oxygen atoms in total. The molecule has 6 heteroatoms. The van der Waals surface area contributed by atoms with Gasteiger partial charge in [-0.15, -0.1) is 0 Å². The van der Waals surface area contributed by atoms with Crippen LogP contribution in [0.5, 0.6) is 0 Å². The molecule has 0 fully saturated rings. The molecule has 0 bridgehead atoms. The topological polar surface area (TPSA) is 115 Å². The molecule has 0 aliphatic rings. The van der Waals surface area contributed by atoms with Crippen LogP contribution in [0.15, 0.2) is 49.0 Å². The SMILES string of the molecule is O=C(/C=C/C=C\O)C(CO)(CO)C(=O)/C=C/C=C/O. The first kappa shape index (κ1) is 16.8. The third-order valence-electron chi connectivity index (χ3n) is 2.37. The van der Waals surface area contributed by atoms with Crippen molar-refractivity contribution in [1.82, 2.24) is 0 Å². The molecule has 4 N–H and O–H groups in total. The Morgan fingerprint density at radius 1 is 0.789 bits per heavy atom. The molecular weight excluding hydrogens is 252 g/mol. The van der Waals surface area contributed by atoms with E-state index in [1.54, 1.807) is 0 Å². The van der Waals surface area contributed by atoms with Gasteiger partial charge in [-0.05, 0) is 24.3 Å². The third-order valence-corrected chi connectivity index (χ3v) is 2.37. The monoisotopic (exact) mass is 268 g/mol. The van der Waals surface area contributed by atoms with Crippen LogP contribution in [0.3, 0.4) is 0 Å². The molecule has 0 rings (SSSR count). The molecular formula is C13H16O6. The summed E-state index contributed by atoms with van der Waals surface area (Å²) in [5.41, 5.74) is -1.97. The molecule has 0 heterocycles. The van der Waals surface area contributed by atoms with Gasteiger partial charge in [0.05, 0.1) is 25.7 Å². The Hall–Kier alpha value is -2.18. The van der Waals surface area contributed by atoms with E-state index >= 15 is 0 Å². The van der Waals surface area contributed by atoms with Gasteiger partial charge in [-0.1, -0.05) is 12.2 Å². The lowest BCUT2D eigenvalue weighted by atomic mass is 9.80.